The molecule has 0 amide bonds. The zero-order chi connectivity index (χ0) is 14.6. The SMILES string of the molecule is CCC(CC)CNS(=O)(=O)c1ccc2c(c1)OCCO2. The monoisotopic (exact) mass is 299 g/mol. The molecule has 0 unspecified atom stereocenters. The van der Waals surface area contributed by atoms with Gasteiger partial charge in [0, 0.05) is 12.6 Å². The Hall–Kier alpha value is -1.27. The van der Waals surface area contributed by atoms with E-state index in [-0.39, 0.29) is 4.90 Å². The molecule has 5 nitrogen and oxygen atoms in total. The smallest absolute Gasteiger partial charge is 0.240 e. The molecule has 0 fully saturated rings. The highest BCUT2D eigenvalue weighted by atomic mass is 32.2. The molecule has 0 aliphatic carbocycles. The zero-order valence-electron chi connectivity index (χ0n) is 11.9. The number of hydrogen-bond donors (Lipinski definition) is 1. The van der Waals surface area contributed by atoms with E-state index in [1.807, 2.05) is 0 Å². The molecule has 1 aliphatic rings. The molecular formula is C14H21NO4S. The van der Waals surface area contributed by atoms with Crippen LogP contribution in [0.4, 0.5) is 0 Å². The van der Waals surface area contributed by atoms with Crippen molar-refractivity contribution in [2.45, 2.75) is 31.6 Å². The van der Waals surface area contributed by atoms with Crippen molar-refractivity contribution in [3.05, 3.63) is 18.2 Å². The molecule has 0 bridgehead atoms. The van der Waals surface area contributed by atoms with Crippen molar-refractivity contribution in [1.29, 1.82) is 0 Å². The number of benzene rings is 1. The predicted octanol–water partition coefficient (Wildman–Crippen LogP) is 2.17. The summed E-state index contributed by atoms with van der Waals surface area (Å²) in [6, 6.07) is 4.70. The summed E-state index contributed by atoms with van der Waals surface area (Å²) >= 11 is 0. The third-order valence-electron chi connectivity index (χ3n) is 3.54. The molecule has 0 aromatic heterocycles. The van der Waals surface area contributed by atoms with Crippen molar-refractivity contribution in [2.24, 2.45) is 5.92 Å². The van der Waals surface area contributed by atoms with Gasteiger partial charge in [0.25, 0.3) is 0 Å². The zero-order valence-corrected chi connectivity index (χ0v) is 12.7. The quantitative estimate of drug-likeness (QED) is 0.874. The topological polar surface area (TPSA) is 64.6 Å². The maximum atomic E-state index is 12.2. The number of sulfonamides is 1. The van der Waals surface area contributed by atoms with Crippen molar-refractivity contribution in [2.75, 3.05) is 19.8 Å². The van der Waals surface area contributed by atoms with E-state index in [4.69, 9.17) is 9.47 Å². The molecule has 112 valence electrons. The van der Waals surface area contributed by atoms with Gasteiger partial charge in [-0.1, -0.05) is 26.7 Å². The Morgan fingerprint density at radius 2 is 1.80 bits per heavy atom. The molecule has 1 N–H and O–H groups in total. The normalized spacial score (nSPS) is 14.6. The third-order valence-corrected chi connectivity index (χ3v) is 4.96. The van der Waals surface area contributed by atoms with Crippen LogP contribution < -0.4 is 14.2 Å². The highest BCUT2D eigenvalue weighted by Gasteiger charge is 2.19. The van der Waals surface area contributed by atoms with Gasteiger partial charge < -0.3 is 9.47 Å². The fourth-order valence-corrected chi connectivity index (χ4v) is 3.21. The van der Waals surface area contributed by atoms with Crippen LogP contribution >= 0.6 is 0 Å². The minimum absolute atomic E-state index is 0.215. The summed E-state index contributed by atoms with van der Waals surface area (Å²) in [4.78, 5) is 0.215. The summed E-state index contributed by atoms with van der Waals surface area (Å²) in [5.74, 6) is 1.44. The lowest BCUT2D eigenvalue weighted by Gasteiger charge is -2.19. The molecule has 0 spiro atoms. The van der Waals surface area contributed by atoms with E-state index in [1.165, 1.54) is 6.07 Å². The molecule has 1 heterocycles. The van der Waals surface area contributed by atoms with Gasteiger partial charge in [-0.15, -0.1) is 0 Å². The molecule has 20 heavy (non-hydrogen) atoms. The minimum Gasteiger partial charge on any atom is -0.486 e. The standard InChI is InChI=1S/C14H21NO4S/c1-3-11(4-2)10-15-20(16,17)12-5-6-13-14(9-12)19-8-7-18-13/h5-6,9,11,15H,3-4,7-8,10H2,1-2H3. The van der Waals surface area contributed by atoms with Crippen LogP contribution in [0.5, 0.6) is 11.5 Å². The van der Waals surface area contributed by atoms with Crippen LogP contribution in [0.15, 0.2) is 23.1 Å². The lowest BCUT2D eigenvalue weighted by atomic mass is 10.0. The highest BCUT2D eigenvalue weighted by Crippen LogP contribution is 2.32. The van der Waals surface area contributed by atoms with Gasteiger partial charge in [-0.25, -0.2) is 13.1 Å². The Balaban J connectivity index is 2.13. The van der Waals surface area contributed by atoms with Crippen LogP contribution in [0.3, 0.4) is 0 Å². The maximum Gasteiger partial charge on any atom is 0.240 e. The Morgan fingerprint density at radius 3 is 2.45 bits per heavy atom. The van der Waals surface area contributed by atoms with Crippen molar-refractivity contribution >= 4 is 10.0 Å². The maximum absolute atomic E-state index is 12.2. The number of nitrogens with one attached hydrogen (secondary N) is 1. The molecule has 2 rings (SSSR count). The van der Waals surface area contributed by atoms with Gasteiger partial charge in [-0.3, -0.25) is 0 Å². The molecule has 1 aliphatic heterocycles. The third kappa shape index (κ3) is 3.43. The van der Waals surface area contributed by atoms with E-state index >= 15 is 0 Å². The van der Waals surface area contributed by atoms with E-state index in [0.717, 1.165) is 12.8 Å². The Bertz CT molecular complexity index is 552. The average Bonchev–Trinajstić information content (AvgIpc) is 2.47. The predicted molar refractivity (Wildman–Crippen MR) is 76.7 cm³/mol. The molecule has 1 aromatic carbocycles. The summed E-state index contributed by atoms with van der Waals surface area (Å²) in [5.41, 5.74) is 0. The van der Waals surface area contributed by atoms with E-state index in [1.54, 1.807) is 12.1 Å². The fraction of sp³-hybridized carbons (Fsp3) is 0.571. The van der Waals surface area contributed by atoms with E-state index in [9.17, 15) is 8.42 Å². The first-order chi connectivity index (χ1) is 9.56. The Kier molecular flexibility index (Phi) is 4.88. The first-order valence-corrected chi connectivity index (χ1v) is 8.44. The van der Waals surface area contributed by atoms with Gasteiger partial charge in [0.2, 0.25) is 10.0 Å². The summed E-state index contributed by atoms with van der Waals surface area (Å²) in [5, 5.41) is 0. The first-order valence-electron chi connectivity index (χ1n) is 6.96. The van der Waals surface area contributed by atoms with Crippen LogP contribution in [-0.2, 0) is 10.0 Å². The van der Waals surface area contributed by atoms with Crippen molar-refractivity contribution in [1.82, 2.24) is 4.72 Å². The number of fused-ring (bicyclic) bond motifs is 1. The van der Waals surface area contributed by atoms with E-state index < -0.39 is 10.0 Å². The lowest BCUT2D eigenvalue weighted by molar-refractivity contribution is 0.171. The molecule has 0 saturated carbocycles. The van der Waals surface area contributed by atoms with Gasteiger partial charge in [-0.2, -0.15) is 0 Å². The second kappa shape index (κ2) is 6.45. The number of rotatable bonds is 6. The number of hydrogen-bond acceptors (Lipinski definition) is 4. The van der Waals surface area contributed by atoms with Gasteiger partial charge in [0.1, 0.15) is 13.2 Å². The minimum atomic E-state index is -3.49. The summed E-state index contributed by atoms with van der Waals surface area (Å²) in [7, 11) is -3.49. The summed E-state index contributed by atoms with van der Waals surface area (Å²) in [6.07, 6.45) is 1.92. The molecule has 1 aromatic rings. The van der Waals surface area contributed by atoms with Crippen LogP contribution in [0.1, 0.15) is 26.7 Å². The van der Waals surface area contributed by atoms with Crippen molar-refractivity contribution < 1.29 is 17.9 Å². The average molecular weight is 299 g/mol. The van der Waals surface area contributed by atoms with Gasteiger partial charge in [0.15, 0.2) is 11.5 Å². The molecule has 0 radical (unpaired) electrons. The summed E-state index contributed by atoms with van der Waals surface area (Å²) in [6.45, 7) is 5.52. The van der Waals surface area contributed by atoms with Gasteiger partial charge in [-0.05, 0) is 18.1 Å². The lowest BCUT2D eigenvalue weighted by Crippen LogP contribution is -2.29. The van der Waals surface area contributed by atoms with Gasteiger partial charge >= 0.3 is 0 Å². The highest BCUT2D eigenvalue weighted by molar-refractivity contribution is 7.89. The van der Waals surface area contributed by atoms with Gasteiger partial charge in [0.05, 0.1) is 4.90 Å². The van der Waals surface area contributed by atoms with E-state index in [2.05, 4.69) is 18.6 Å². The van der Waals surface area contributed by atoms with Crippen LogP contribution in [-0.4, -0.2) is 28.2 Å². The van der Waals surface area contributed by atoms with E-state index in [0.29, 0.717) is 37.2 Å². The number of ether oxygens (including phenoxy) is 2. The fourth-order valence-electron chi connectivity index (χ4n) is 2.08. The molecule has 0 saturated heterocycles. The van der Waals surface area contributed by atoms with Crippen LogP contribution in [0, 0.1) is 5.92 Å². The Morgan fingerprint density at radius 1 is 1.15 bits per heavy atom. The largest absolute Gasteiger partial charge is 0.486 e. The molecule has 0 atom stereocenters. The molecule has 6 heteroatoms. The second-order valence-electron chi connectivity index (χ2n) is 4.84. The van der Waals surface area contributed by atoms with Crippen LogP contribution in [0.25, 0.3) is 0 Å². The van der Waals surface area contributed by atoms with Crippen LogP contribution in [0.2, 0.25) is 0 Å². The van der Waals surface area contributed by atoms with Crippen molar-refractivity contribution in [3.8, 4) is 11.5 Å². The van der Waals surface area contributed by atoms with Crippen molar-refractivity contribution in [3.63, 3.8) is 0 Å². The molecular weight excluding hydrogens is 278 g/mol. The summed E-state index contributed by atoms with van der Waals surface area (Å²) < 4.78 is 37.9. The second-order valence-corrected chi connectivity index (χ2v) is 6.61. The first kappa shape index (κ1) is 15.1. The Labute approximate surface area is 120 Å².